The van der Waals surface area contributed by atoms with Gasteiger partial charge in [0.25, 0.3) is 10.0 Å². The van der Waals surface area contributed by atoms with E-state index in [0.29, 0.717) is 29.5 Å². The normalized spacial score (nSPS) is 11.2. The third-order valence-corrected chi connectivity index (χ3v) is 7.18. The molecule has 184 valence electrons. The van der Waals surface area contributed by atoms with Crippen LogP contribution in [0.4, 0.5) is 19.4 Å². The predicted octanol–water partition coefficient (Wildman–Crippen LogP) is 5.61. The number of hydrogen-bond acceptors (Lipinski definition) is 8. The van der Waals surface area contributed by atoms with Crippen molar-refractivity contribution in [2.45, 2.75) is 4.90 Å². The number of benzene rings is 2. The first-order chi connectivity index (χ1) is 17.1. The van der Waals surface area contributed by atoms with Gasteiger partial charge in [0.15, 0.2) is 23.7 Å². The Morgan fingerprint density at radius 1 is 1.08 bits per heavy atom. The fourth-order valence-electron chi connectivity index (χ4n) is 3.13. The van der Waals surface area contributed by atoms with Gasteiger partial charge in [-0.05, 0) is 35.9 Å². The molecular formula is C22H12ClF2N3O6S2. The first-order valence-electron chi connectivity index (χ1n) is 9.66. The second-order valence-corrected chi connectivity index (χ2v) is 9.85. The highest BCUT2D eigenvalue weighted by atomic mass is 35.5. The molecule has 0 radical (unpaired) electrons. The van der Waals surface area contributed by atoms with E-state index in [0.717, 1.165) is 16.7 Å². The van der Waals surface area contributed by atoms with Gasteiger partial charge in [-0.3, -0.25) is 9.78 Å². The summed E-state index contributed by atoms with van der Waals surface area (Å²) in [6, 6.07) is 8.02. The van der Waals surface area contributed by atoms with Crippen LogP contribution >= 0.6 is 22.9 Å². The molecule has 0 aliphatic rings. The zero-order valence-corrected chi connectivity index (χ0v) is 20.0. The predicted molar refractivity (Wildman–Crippen MR) is 126 cm³/mol. The molecule has 0 spiro atoms. The van der Waals surface area contributed by atoms with Crippen LogP contribution in [0.5, 0.6) is 11.5 Å². The zero-order valence-electron chi connectivity index (χ0n) is 17.6. The number of ether oxygens (including phenoxy) is 1. The molecule has 0 bridgehead atoms. The van der Waals surface area contributed by atoms with E-state index >= 15 is 0 Å². The fourth-order valence-corrected chi connectivity index (χ4v) is 5.19. The highest BCUT2D eigenvalue weighted by Gasteiger charge is 2.35. The zero-order chi connectivity index (χ0) is 26.0. The van der Waals surface area contributed by atoms with Crippen LogP contribution in [0.2, 0.25) is 5.02 Å². The van der Waals surface area contributed by atoms with E-state index in [1.807, 2.05) is 0 Å². The summed E-state index contributed by atoms with van der Waals surface area (Å²) in [5, 5.41) is 10.8. The number of carbonyl (C=O) groups is 2. The number of hydrogen-bond donors (Lipinski definition) is 1. The van der Waals surface area contributed by atoms with Crippen molar-refractivity contribution >= 4 is 51.2 Å². The molecule has 0 unspecified atom stereocenters. The summed E-state index contributed by atoms with van der Waals surface area (Å²) in [5.41, 5.74) is 2.03. The molecule has 0 aliphatic heterocycles. The largest absolute Gasteiger partial charge is 0.464 e. The van der Waals surface area contributed by atoms with Gasteiger partial charge >= 0.3 is 6.09 Å². The smallest absolute Gasteiger partial charge is 0.427 e. The summed E-state index contributed by atoms with van der Waals surface area (Å²) in [5.74, 6) is -3.93. The number of amides is 1. The summed E-state index contributed by atoms with van der Waals surface area (Å²) in [7, 11) is -5.08. The third kappa shape index (κ3) is 4.89. The van der Waals surface area contributed by atoms with Crippen LogP contribution in [0.3, 0.4) is 0 Å². The molecule has 1 amide bonds. The maximum atomic E-state index is 15.0. The van der Waals surface area contributed by atoms with Crippen LogP contribution in [-0.2, 0) is 10.0 Å². The molecule has 9 nitrogen and oxygen atoms in total. The van der Waals surface area contributed by atoms with Crippen molar-refractivity contribution in [1.29, 1.82) is 0 Å². The molecule has 36 heavy (non-hydrogen) atoms. The maximum absolute atomic E-state index is 15.0. The lowest BCUT2D eigenvalue weighted by atomic mass is 10.0. The summed E-state index contributed by atoms with van der Waals surface area (Å²) < 4.78 is 61.0. The van der Waals surface area contributed by atoms with Gasteiger partial charge in [-0.15, -0.1) is 15.6 Å². The molecule has 0 fully saturated rings. The first-order valence-corrected chi connectivity index (χ1v) is 12.4. The highest BCUT2D eigenvalue weighted by Crippen LogP contribution is 2.38. The number of anilines is 1. The van der Waals surface area contributed by atoms with Crippen molar-refractivity contribution in [2.24, 2.45) is 0 Å². The van der Waals surface area contributed by atoms with Gasteiger partial charge in [0.1, 0.15) is 22.2 Å². The van der Waals surface area contributed by atoms with Gasteiger partial charge < -0.3 is 9.84 Å². The molecule has 0 saturated carbocycles. The average molecular weight is 552 g/mol. The minimum Gasteiger partial charge on any atom is -0.464 e. The van der Waals surface area contributed by atoms with E-state index in [1.165, 1.54) is 42.0 Å². The number of aromatic nitrogens is 2. The van der Waals surface area contributed by atoms with Gasteiger partial charge in [0.2, 0.25) is 0 Å². The van der Waals surface area contributed by atoms with Crippen molar-refractivity contribution in [3.63, 3.8) is 0 Å². The average Bonchev–Trinajstić information content (AvgIpc) is 3.35. The molecule has 0 atom stereocenters. The summed E-state index contributed by atoms with van der Waals surface area (Å²) in [6.07, 6.45) is -0.0754. The minimum absolute atomic E-state index is 0.00555. The number of rotatable bonds is 7. The first kappa shape index (κ1) is 25.2. The molecule has 0 aliphatic carbocycles. The minimum atomic E-state index is -5.08. The van der Waals surface area contributed by atoms with E-state index in [-0.39, 0.29) is 20.8 Å². The Morgan fingerprint density at radius 2 is 1.86 bits per heavy atom. The van der Waals surface area contributed by atoms with Crippen LogP contribution in [0.25, 0.3) is 11.1 Å². The number of nitrogens with zero attached hydrogens (tertiary/aromatic N) is 3. The van der Waals surface area contributed by atoms with Crippen LogP contribution in [0.15, 0.2) is 64.4 Å². The van der Waals surface area contributed by atoms with Crippen molar-refractivity contribution in [2.75, 3.05) is 4.31 Å². The highest BCUT2D eigenvalue weighted by molar-refractivity contribution is 7.93. The van der Waals surface area contributed by atoms with Crippen LogP contribution in [0.1, 0.15) is 10.5 Å². The lowest BCUT2D eigenvalue weighted by Gasteiger charge is -2.18. The SMILES string of the molecule is O=Cc1cc(-c2cc(Cl)ccc2Oc2cc(F)c(S(=O)(=O)N(C(=O)O)c3cscn3)cc2F)ccn1. The number of carbonyl (C=O) groups excluding carboxylic acids is 1. The second-order valence-electron chi connectivity index (χ2n) is 6.94. The fraction of sp³-hybridized carbons (Fsp3) is 0. The van der Waals surface area contributed by atoms with Crippen LogP contribution < -0.4 is 9.04 Å². The Bertz CT molecular complexity index is 1580. The van der Waals surface area contributed by atoms with Gasteiger partial charge in [0.05, 0.1) is 5.51 Å². The molecular weight excluding hydrogens is 540 g/mol. The molecule has 2 aromatic carbocycles. The third-order valence-electron chi connectivity index (χ3n) is 4.68. The number of sulfonamides is 1. The molecule has 2 aromatic heterocycles. The van der Waals surface area contributed by atoms with Crippen molar-refractivity contribution < 1.29 is 36.6 Å². The Hall–Kier alpha value is -3.94. The van der Waals surface area contributed by atoms with E-state index in [1.54, 1.807) is 0 Å². The Kier molecular flexibility index (Phi) is 6.97. The van der Waals surface area contributed by atoms with Gasteiger partial charge in [0, 0.05) is 34.3 Å². The number of thiazole rings is 1. The molecule has 2 heterocycles. The Morgan fingerprint density at radius 3 is 2.53 bits per heavy atom. The number of carboxylic acid groups (broad SMARTS) is 1. The molecule has 14 heteroatoms. The van der Waals surface area contributed by atoms with Crippen molar-refractivity contribution in [3.05, 3.63) is 81.9 Å². The maximum Gasteiger partial charge on any atom is 0.427 e. The van der Waals surface area contributed by atoms with Crippen molar-refractivity contribution in [1.82, 2.24) is 9.97 Å². The molecule has 0 saturated heterocycles. The molecule has 4 rings (SSSR count). The number of pyridine rings is 1. The standard InChI is InChI=1S/C22H12ClF2N3O6S2/c23-13-1-2-18(15(6-13)12-3-4-26-14(5-12)9-29)34-19-7-17(25)20(8-16(19)24)36(32,33)28(22(30)31)21-10-35-11-27-21/h1-11H,(H,30,31). The van der Waals surface area contributed by atoms with Gasteiger partial charge in [-0.2, -0.15) is 0 Å². The second kappa shape index (κ2) is 9.97. The monoisotopic (exact) mass is 551 g/mol. The Labute approximate surface area is 211 Å². The van der Waals surface area contributed by atoms with E-state index in [2.05, 4.69) is 9.97 Å². The lowest BCUT2D eigenvalue weighted by molar-refractivity contribution is 0.111. The van der Waals surface area contributed by atoms with Crippen LogP contribution in [-0.4, -0.2) is 35.9 Å². The van der Waals surface area contributed by atoms with E-state index in [9.17, 15) is 31.9 Å². The van der Waals surface area contributed by atoms with Gasteiger partial charge in [-0.25, -0.2) is 27.0 Å². The van der Waals surface area contributed by atoms with E-state index in [4.69, 9.17) is 16.3 Å². The van der Waals surface area contributed by atoms with E-state index < -0.39 is 44.2 Å². The number of halogens is 3. The summed E-state index contributed by atoms with van der Waals surface area (Å²) in [6.45, 7) is 0. The topological polar surface area (TPSA) is 127 Å². The quantitative estimate of drug-likeness (QED) is 0.293. The van der Waals surface area contributed by atoms with Crippen molar-refractivity contribution in [3.8, 4) is 22.6 Å². The summed E-state index contributed by atoms with van der Waals surface area (Å²) in [4.78, 5) is 28.9. The Balaban J connectivity index is 1.75. The van der Waals surface area contributed by atoms with Gasteiger partial charge in [-0.1, -0.05) is 11.6 Å². The number of aldehydes is 1. The summed E-state index contributed by atoms with van der Waals surface area (Å²) >= 11 is 6.98. The molecule has 1 N–H and O–H groups in total. The lowest BCUT2D eigenvalue weighted by Crippen LogP contribution is -2.36. The van der Waals surface area contributed by atoms with Crippen LogP contribution in [0, 0.1) is 11.6 Å². The molecule has 4 aromatic rings.